The largest absolute Gasteiger partial charge is 0.320 e. The zero-order valence-electron chi connectivity index (χ0n) is 9.68. The van der Waals surface area contributed by atoms with Gasteiger partial charge in [0.1, 0.15) is 0 Å². The first-order valence-electron chi connectivity index (χ1n) is 5.19. The molecule has 1 rings (SSSR count). The van der Waals surface area contributed by atoms with E-state index >= 15 is 0 Å². The second-order valence-corrected chi connectivity index (χ2v) is 5.25. The first kappa shape index (κ1) is 14.2. The molecule has 6 heteroatoms. The summed E-state index contributed by atoms with van der Waals surface area (Å²) in [6.45, 7) is 0.418. The lowest BCUT2D eigenvalue weighted by atomic mass is 10.1. The molecule has 5 nitrogen and oxygen atoms in total. The first-order chi connectivity index (χ1) is 8.57. The zero-order chi connectivity index (χ0) is 13.4. The third-order valence-electron chi connectivity index (χ3n) is 2.01. The number of nitriles is 1. The third-order valence-corrected chi connectivity index (χ3v) is 3.11. The minimum Gasteiger partial charge on any atom is -0.320 e. The van der Waals surface area contributed by atoms with Gasteiger partial charge in [0.15, 0.2) is 5.75 Å². The van der Waals surface area contributed by atoms with Gasteiger partial charge in [0.05, 0.1) is 12.6 Å². The Bertz CT molecular complexity index is 606. The van der Waals surface area contributed by atoms with E-state index in [9.17, 15) is 8.42 Å². The van der Waals surface area contributed by atoms with Gasteiger partial charge in [-0.3, -0.25) is 0 Å². The van der Waals surface area contributed by atoms with Crippen molar-refractivity contribution in [3.63, 3.8) is 0 Å². The predicted octanol–water partition coefficient (Wildman–Crippen LogP) is -0.0602. The fourth-order valence-corrected chi connectivity index (χ4v) is 1.90. The molecule has 0 saturated heterocycles. The Morgan fingerprint density at radius 1 is 1.39 bits per heavy atom. The Balaban J connectivity index is 2.72. The molecule has 0 radical (unpaired) electrons. The molecule has 1 aromatic rings. The summed E-state index contributed by atoms with van der Waals surface area (Å²) in [4.78, 5) is 0. The summed E-state index contributed by atoms with van der Waals surface area (Å²) in [5, 5.41) is 8.34. The summed E-state index contributed by atoms with van der Waals surface area (Å²) >= 11 is 0. The average Bonchev–Trinajstić information content (AvgIpc) is 2.35. The van der Waals surface area contributed by atoms with Crippen molar-refractivity contribution < 1.29 is 8.42 Å². The van der Waals surface area contributed by atoms with Crippen LogP contribution in [0.5, 0.6) is 0 Å². The number of hydrogen-bond acceptors (Lipinski definition) is 4. The van der Waals surface area contributed by atoms with Gasteiger partial charge in [-0.05, 0) is 17.7 Å². The molecule has 0 aromatic heterocycles. The van der Waals surface area contributed by atoms with Crippen LogP contribution >= 0.6 is 0 Å². The van der Waals surface area contributed by atoms with E-state index in [1.165, 1.54) is 0 Å². The third kappa shape index (κ3) is 4.98. The Morgan fingerprint density at radius 2 is 2.17 bits per heavy atom. The van der Waals surface area contributed by atoms with Crippen LogP contribution in [0.2, 0.25) is 0 Å². The lowest BCUT2D eigenvalue weighted by molar-refractivity contribution is 0.585. The number of nitrogens with one attached hydrogen (secondary N) is 1. The summed E-state index contributed by atoms with van der Waals surface area (Å²) in [6, 6.07) is 8.75. The Morgan fingerprint density at radius 3 is 2.83 bits per heavy atom. The maximum atomic E-state index is 11.3. The number of rotatable bonds is 4. The number of sulfonamides is 1. The van der Waals surface area contributed by atoms with Crippen molar-refractivity contribution in [3.05, 3.63) is 35.4 Å². The van der Waals surface area contributed by atoms with Gasteiger partial charge in [0, 0.05) is 12.1 Å². The van der Waals surface area contributed by atoms with Gasteiger partial charge >= 0.3 is 0 Å². The van der Waals surface area contributed by atoms with E-state index in [4.69, 9.17) is 11.0 Å². The molecule has 0 aliphatic heterocycles. The van der Waals surface area contributed by atoms with Crippen LogP contribution in [0.3, 0.4) is 0 Å². The number of benzene rings is 1. The van der Waals surface area contributed by atoms with Crippen LogP contribution in [-0.2, 0) is 16.6 Å². The van der Waals surface area contributed by atoms with Crippen molar-refractivity contribution in [1.29, 1.82) is 5.26 Å². The van der Waals surface area contributed by atoms with Crippen LogP contribution < -0.4 is 10.5 Å². The first-order valence-corrected chi connectivity index (χ1v) is 6.85. The molecule has 94 valence electrons. The van der Waals surface area contributed by atoms with Crippen molar-refractivity contribution in [2.75, 3.05) is 12.3 Å². The second kappa shape index (κ2) is 6.77. The number of nitrogens with zero attached hydrogens (tertiary/aromatic N) is 1. The van der Waals surface area contributed by atoms with Gasteiger partial charge in [0.2, 0.25) is 10.0 Å². The van der Waals surface area contributed by atoms with Crippen LogP contribution in [0.1, 0.15) is 11.1 Å². The summed E-state index contributed by atoms with van der Waals surface area (Å²) in [6.07, 6.45) is 0. The molecule has 0 heterocycles. The Hall–Kier alpha value is -1.86. The fraction of sp³-hybridized carbons (Fsp3) is 0.250. The highest BCUT2D eigenvalue weighted by Gasteiger charge is 2.08. The normalized spacial score (nSPS) is 10.2. The fourth-order valence-electron chi connectivity index (χ4n) is 1.24. The molecule has 0 aliphatic rings. The zero-order valence-corrected chi connectivity index (χ0v) is 10.5. The summed E-state index contributed by atoms with van der Waals surface area (Å²) in [5.74, 6) is 5.04. The maximum absolute atomic E-state index is 11.3. The molecule has 0 bridgehead atoms. The van der Waals surface area contributed by atoms with E-state index < -0.39 is 15.8 Å². The smallest absolute Gasteiger partial charge is 0.225 e. The van der Waals surface area contributed by atoms with Crippen molar-refractivity contribution in [2.45, 2.75) is 6.54 Å². The molecule has 0 amide bonds. The Kier molecular flexibility index (Phi) is 5.34. The molecule has 3 N–H and O–H groups in total. The highest BCUT2D eigenvalue weighted by atomic mass is 32.2. The van der Waals surface area contributed by atoms with Crippen molar-refractivity contribution in [3.8, 4) is 17.9 Å². The number of nitrogens with two attached hydrogens (primary N) is 1. The van der Waals surface area contributed by atoms with Crippen LogP contribution in [0.15, 0.2) is 24.3 Å². The van der Waals surface area contributed by atoms with Gasteiger partial charge in [-0.25, -0.2) is 13.1 Å². The van der Waals surface area contributed by atoms with E-state index in [1.807, 2.05) is 6.07 Å². The van der Waals surface area contributed by atoms with Gasteiger partial charge in [-0.15, -0.1) is 0 Å². The summed E-state index contributed by atoms with van der Waals surface area (Å²) < 4.78 is 24.9. The Labute approximate surface area is 107 Å². The van der Waals surface area contributed by atoms with Crippen LogP contribution in [0.4, 0.5) is 0 Å². The van der Waals surface area contributed by atoms with E-state index in [-0.39, 0.29) is 13.1 Å². The summed E-state index contributed by atoms with van der Waals surface area (Å²) in [5.41, 5.74) is 6.82. The highest BCUT2D eigenvalue weighted by Crippen LogP contribution is 2.04. The van der Waals surface area contributed by atoms with Gasteiger partial charge in [0.25, 0.3) is 0 Å². The molecule has 0 atom stereocenters. The van der Waals surface area contributed by atoms with Gasteiger partial charge in [-0.1, -0.05) is 24.0 Å². The van der Waals surface area contributed by atoms with Gasteiger partial charge < -0.3 is 5.73 Å². The van der Waals surface area contributed by atoms with E-state index in [1.54, 1.807) is 24.3 Å². The minimum absolute atomic E-state index is 0.141. The molecular weight excluding hydrogens is 250 g/mol. The standard InChI is InChI=1S/C12H13N3O2S/c13-6-2-5-11-3-1-4-12(9-11)10-15-18(16,17)8-7-14/h1,3-4,9,15H,6,8,10,13H2. The maximum Gasteiger partial charge on any atom is 0.225 e. The van der Waals surface area contributed by atoms with E-state index in [2.05, 4.69) is 16.6 Å². The second-order valence-electron chi connectivity index (χ2n) is 3.44. The van der Waals surface area contributed by atoms with Crippen LogP contribution in [-0.4, -0.2) is 20.7 Å². The highest BCUT2D eigenvalue weighted by molar-refractivity contribution is 7.89. The quantitative estimate of drug-likeness (QED) is 0.744. The van der Waals surface area contributed by atoms with Crippen LogP contribution in [0, 0.1) is 23.2 Å². The van der Waals surface area contributed by atoms with Crippen molar-refractivity contribution in [2.24, 2.45) is 5.73 Å². The topological polar surface area (TPSA) is 96.0 Å². The van der Waals surface area contributed by atoms with Crippen molar-refractivity contribution >= 4 is 10.0 Å². The molecule has 1 aromatic carbocycles. The molecular formula is C12H13N3O2S. The van der Waals surface area contributed by atoms with Gasteiger partial charge in [-0.2, -0.15) is 5.26 Å². The predicted molar refractivity (Wildman–Crippen MR) is 68.6 cm³/mol. The van der Waals surface area contributed by atoms with Crippen molar-refractivity contribution in [1.82, 2.24) is 4.72 Å². The van der Waals surface area contributed by atoms with E-state index in [0.717, 1.165) is 11.1 Å². The monoisotopic (exact) mass is 263 g/mol. The van der Waals surface area contributed by atoms with E-state index in [0.29, 0.717) is 0 Å². The molecule has 0 spiro atoms. The molecule has 0 aliphatic carbocycles. The molecule has 0 fully saturated rings. The summed E-state index contributed by atoms with van der Waals surface area (Å²) in [7, 11) is -3.53. The molecule has 18 heavy (non-hydrogen) atoms. The lowest BCUT2D eigenvalue weighted by Gasteiger charge is -2.04. The SMILES string of the molecule is N#CCS(=O)(=O)NCc1cccc(C#CCN)c1. The molecule has 0 saturated carbocycles. The molecule has 0 unspecified atom stereocenters. The van der Waals surface area contributed by atoms with Crippen LogP contribution in [0.25, 0.3) is 0 Å². The average molecular weight is 263 g/mol. The minimum atomic E-state index is -3.53. The number of hydrogen-bond donors (Lipinski definition) is 2. The lowest BCUT2D eigenvalue weighted by Crippen LogP contribution is -2.25.